The molecule has 1 aliphatic carbocycles. The molecule has 0 aromatic carbocycles. The van der Waals surface area contributed by atoms with Gasteiger partial charge in [-0.1, -0.05) is 6.42 Å². The predicted octanol–water partition coefficient (Wildman–Crippen LogP) is 2.11. The maximum absolute atomic E-state index is 11.0. The van der Waals surface area contributed by atoms with Gasteiger partial charge in [-0.25, -0.2) is 0 Å². The smallest absolute Gasteiger partial charge is 0.222 e. The number of nitrogens with one attached hydrogen (secondary N) is 2. The van der Waals surface area contributed by atoms with Gasteiger partial charge in [0.25, 0.3) is 0 Å². The number of rotatable bonds is 1. The second-order valence-electron chi connectivity index (χ2n) is 4.19. The molecule has 2 rings (SSSR count). The van der Waals surface area contributed by atoms with Gasteiger partial charge < -0.3 is 10.3 Å². The third-order valence-corrected chi connectivity index (χ3v) is 2.96. The average molecular weight is 217 g/mol. The van der Waals surface area contributed by atoms with Crippen LogP contribution < -0.4 is 5.32 Å². The molecule has 1 heterocycles. The fraction of sp³-hybridized carbons (Fsp3) is 0.500. The Hall–Kier alpha value is -1.76. The van der Waals surface area contributed by atoms with Gasteiger partial charge in [-0.05, 0) is 31.2 Å². The van der Waals surface area contributed by atoms with Crippen LogP contribution in [0.5, 0.6) is 0 Å². The summed E-state index contributed by atoms with van der Waals surface area (Å²) in [5.41, 5.74) is 2.84. The van der Waals surface area contributed by atoms with Crippen LogP contribution in [0.1, 0.15) is 43.0 Å². The third-order valence-electron chi connectivity index (χ3n) is 2.96. The Morgan fingerprint density at radius 2 is 2.12 bits per heavy atom. The zero-order valence-corrected chi connectivity index (χ0v) is 9.39. The minimum atomic E-state index is -0.145. The highest BCUT2D eigenvalue weighted by atomic mass is 16.1. The lowest BCUT2D eigenvalue weighted by molar-refractivity contribution is -0.114. The summed E-state index contributed by atoms with van der Waals surface area (Å²) in [4.78, 5) is 14.2. The number of aromatic nitrogens is 1. The van der Waals surface area contributed by atoms with Crippen LogP contribution in [0.25, 0.3) is 0 Å². The van der Waals surface area contributed by atoms with Crippen molar-refractivity contribution >= 4 is 11.7 Å². The number of carbonyl (C=O) groups excluding carboxylic acids is 1. The maximum Gasteiger partial charge on any atom is 0.222 e. The van der Waals surface area contributed by atoms with E-state index in [1.807, 2.05) is 0 Å². The number of H-pyrrole nitrogens is 1. The molecule has 84 valence electrons. The molecule has 1 aromatic heterocycles. The molecule has 0 spiro atoms. The molecule has 4 nitrogen and oxygen atoms in total. The Morgan fingerprint density at radius 3 is 2.81 bits per heavy atom. The number of aryl methyl sites for hydroxylation is 1. The van der Waals surface area contributed by atoms with E-state index in [0.717, 1.165) is 36.9 Å². The quantitative estimate of drug-likeness (QED) is 0.707. The first-order valence-corrected chi connectivity index (χ1v) is 5.63. The van der Waals surface area contributed by atoms with Gasteiger partial charge in [0.2, 0.25) is 5.91 Å². The van der Waals surface area contributed by atoms with Gasteiger partial charge in [-0.15, -0.1) is 0 Å². The Labute approximate surface area is 94.7 Å². The van der Waals surface area contributed by atoms with Gasteiger partial charge >= 0.3 is 0 Å². The zero-order valence-electron chi connectivity index (χ0n) is 9.39. The molecule has 0 saturated carbocycles. The van der Waals surface area contributed by atoms with Crippen molar-refractivity contribution in [2.24, 2.45) is 0 Å². The Balaban J connectivity index is 2.41. The highest BCUT2D eigenvalue weighted by Gasteiger charge is 2.19. The van der Waals surface area contributed by atoms with Crippen molar-refractivity contribution < 1.29 is 4.79 Å². The SMILES string of the molecule is CC(=O)Nc1[nH]c2c(c1C#N)CCCCC2. The molecule has 0 unspecified atom stereocenters. The first-order valence-electron chi connectivity index (χ1n) is 5.63. The molecule has 0 bridgehead atoms. The van der Waals surface area contributed by atoms with E-state index < -0.39 is 0 Å². The first-order chi connectivity index (χ1) is 7.72. The van der Waals surface area contributed by atoms with Gasteiger partial charge in [0.15, 0.2) is 0 Å². The van der Waals surface area contributed by atoms with Crippen LogP contribution in [0, 0.1) is 11.3 Å². The largest absolute Gasteiger partial charge is 0.344 e. The molecule has 1 aromatic rings. The first kappa shape index (κ1) is 10.7. The molecule has 0 atom stereocenters. The number of carbonyl (C=O) groups is 1. The fourth-order valence-electron chi connectivity index (χ4n) is 2.25. The summed E-state index contributed by atoms with van der Waals surface area (Å²) in [5, 5.41) is 11.8. The lowest BCUT2D eigenvalue weighted by Gasteiger charge is -1.99. The summed E-state index contributed by atoms with van der Waals surface area (Å²) in [6.45, 7) is 1.45. The summed E-state index contributed by atoms with van der Waals surface area (Å²) in [5.74, 6) is 0.426. The van der Waals surface area contributed by atoms with Gasteiger partial charge in [-0.2, -0.15) is 5.26 Å². The van der Waals surface area contributed by atoms with E-state index in [9.17, 15) is 4.79 Å². The fourth-order valence-corrected chi connectivity index (χ4v) is 2.25. The Morgan fingerprint density at radius 1 is 1.38 bits per heavy atom. The van der Waals surface area contributed by atoms with E-state index in [1.165, 1.54) is 13.3 Å². The summed E-state index contributed by atoms with van der Waals surface area (Å²) in [7, 11) is 0. The third kappa shape index (κ3) is 1.94. The maximum atomic E-state index is 11.0. The second kappa shape index (κ2) is 4.40. The molecule has 1 aliphatic rings. The zero-order chi connectivity index (χ0) is 11.5. The highest BCUT2D eigenvalue weighted by Crippen LogP contribution is 2.28. The monoisotopic (exact) mass is 217 g/mol. The molecule has 0 saturated heterocycles. The predicted molar refractivity (Wildman–Crippen MR) is 61.1 cm³/mol. The summed E-state index contributed by atoms with van der Waals surface area (Å²) in [6, 6.07) is 2.19. The standard InChI is InChI=1S/C12H15N3O/c1-8(16)14-12-10(7-13)9-5-3-2-4-6-11(9)15-12/h15H,2-6H2,1H3,(H,14,16). The molecule has 1 amide bonds. The summed E-state index contributed by atoms with van der Waals surface area (Å²) in [6.07, 6.45) is 5.40. The van der Waals surface area contributed by atoms with Crippen LogP contribution >= 0.6 is 0 Å². The lowest BCUT2D eigenvalue weighted by atomic mass is 10.1. The van der Waals surface area contributed by atoms with Gasteiger partial charge in [0.05, 0.1) is 5.56 Å². The number of anilines is 1. The van der Waals surface area contributed by atoms with E-state index in [4.69, 9.17) is 5.26 Å². The van der Waals surface area contributed by atoms with Crippen LogP contribution in [0.15, 0.2) is 0 Å². The minimum Gasteiger partial charge on any atom is -0.344 e. The molecule has 0 aliphatic heterocycles. The number of amides is 1. The van der Waals surface area contributed by atoms with Crippen molar-refractivity contribution in [2.45, 2.75) is 39.0 Å². The minimum absolute atomic E-state index is 0.145. The Kier molecular flexibility index (Phi) is 2.95. The van der Waals surface area contributed by atoms with Gasteiger partial charge in [0.1, 0.15) is 11.9 Å². The van der Waals surface area contributed by atoms with Gasteiger partial charge in [-0.3, -0.25) is 4.79 Å². The average Bonchev–Trinajstić information content (AvgIpc) is 2.42. The van der Waals surface area contributed by atoms with Crippen LogP contribution in [-0.4, -0.2) is 10.9 Å². The molecule has 16 heavy (non-hydrogen) atoms. The van der Waals surface area contributed by atoms with E-state index in [-0.39, 0.29) is 5.91 Å². The van der Waals surface area contributed by atoms with Crippen molar-refractivity contribution in [2.75, 3.05) is 5.32 Å². The van der Waals surface area contributed by atoms with E-state index in [1.54, 1.807) is 0 Å². The van der Waals surface area contributed by atoms with E-state index >= 15 is 0 Å². The summed E-state index contributed by atoms with van der Waals surface area (Å²) < 4.78 is 0. The highest BCUT2D eigenvalue weighted by molar-refractivity contribution is 5.89. The number of nitrogens with zero attached hydrogens (tertiary/aromatic N) is 1. The van der Waals surface area contributed by atoms with Crippen LogP contribution in [0.3, 0.4) is 0 Å². The van der Waals surface area contributed by atoms with Crippen molar-refractivity contribution in [3.8, 4) is 6.07 Å². The normalized spacial score (nSPS) is 14.8. The van der Waals surface area contributed by atoms with Crippen LogP contribution in [-0.2, 0) is 17.6 Å². The van der Waals surface area contributed by atoms with Crippen LogP contribution in [0.4, 0.5) is 5.82 Å². The molecular weight excluding hydrogens is 202 g/mol. The van der Waals surface area contributed by atoms with E-state index in [0.29, 0.717) is 11.4 Å². The van der Waals surface area contributed by atoms with Crippen LogP contribution in [0.2, 0.25) is 0 Å². The van der Waals surface area contributed by atoms with Crippen molar-refractivity contribution in [3.63, 3.8) is 0 Å². The number of hydrogen-bond donors (Lipinski definition) is 2. The molecule has 2 N–H and O–H groups in total. The molecule has 0 fully saturated rings. The lowest BCUT2D eigenvalue weighted by Crippen LogP contribution is -2.07. The van der Waals surface area contributed by atoms with Crippen molar-refractivity contribution in [1.82, 2.24) is 4.98 Å². The Bertz CT molecular complexity index is 454. The number of aromatic amines is 1. The number of fused-ring (bicyclic) bond motifs is 1. The summed E-state index contributed by atoms with van der Waals surface area (Å²) >= 11 is 0. The molecular formula is C12H15N3O. The van der Waals surface area contributed by atoms with E-state index in [2.05, 4.69) is 16.4 Å². The van der Waals surface area contributed by atoms with Crippen molar-refractivity contribution in [3.05, 3.63) is 16.8 Å². The van der Waals surface area contributed by atoms with Crippen molar-refractivity contribution in [1.29, 1.82) is 5.26 Å². The second-order valence-corrected chi connectivity index (χ2v) is 4.19. The molecule has 4 heteroatoms. The number of hydrogen-bond acceptors (Lipinski definition) is 2. The van der Waals surface area contributed by atoms with Gasteiger partial charge in [0, 0.05) is 12.6 Å². The number of nitriles is 1. The molecule has 0 radical (unpaired) electrons. The topological polar surface area (TPSA) is 68.7 Å².